The van der Waals surface area contributed by atoms with Crippen LogP contribution in [0.25, 0.3) is 0 Å². The van der Waals surface area contributed by atoms with Crippen molar-refractivity contribution in [3.63, 3.8) is 0 Å². The van der Waals surface area contributed by atoms with Gasteiger partial charge >= 0.3 is 0 Å². The molecule has 0 aromatic rings. The van der Waals surface area contributed by atoms with E-state index < -0.39 is 0 Å². The van der Waals surface area contributed by atoms with Crippen LogP contribution >= 0.6 is 0 Å². The summed E-state index contributed by atoms with van der Waals surface area (Å²) in [6, 6.07) is 0.368. The molecule has 1 aliphatic heterocycles. The van der Waals surface area contributed by atoms with Crippen molar-refractivity contribution in [2.45, 2.75) is 76.7 Å². The lowest BCUT2D eigenvalue weighted by Gasteiger charge is -2.36. The largest absolute Gasteiger partial charge is 0.348 e. The Labute approximate surface area is 135 Å². The van der Waals surface area contributed by atoms with Crippen LogP contribution in [0.3, 0.4) is 0 Å². The standard InChI is InChI=1S/C19H32N2O/c22-19(17-10-5-2-6-11-17)20-18-12-7-13-21(15-18)14-16-8-3-1-4-9-16/h10,16,18H,1-9,11-15H2,(H,20,22). The fourth-order valence-corrected chi connectivity index (χ4v) is 4.40. The summed E-state index contributed by atoms with van der Waals surface area (Å²) in [6.45, 7) is 3.55. The SMILES string of the molecule is O=C(NC1CCCN(CC2CCCCC2)C1)C1=CCCCC1. The number of allylic oxidation sites excluding steroid dienone is 1. The number of piperidine rings is 1. The number of nitrogens with one attached hydrogen (secondary N) is 1. The molecular formula is C19H32N2O. The average Bonchev–Trinajstić information content (AvgIpc) is 2.57. The lowest BCUT2D eigenvalue weighted by molar-refractivity contribution is -0.118. The smallest absolute Gasteiger partial charge is 0.247 e. The molecular weight excluding hydrogens is 272 g/mol. The number of amides is 1. The molecule has 1 N–H and O–H groups in total. The first-order valence-electron chi connectivity index (χ1n) is 9.53. The van der Waals surface area contributed by atoms with Gasteiger partial charge < -0.3 is 10.2 Å². The van der Waals surface area contributed by atoms with E-state index in [1.165, 1.54) is 64.5 Å². The fraction of sp³-hybridized carbons (Fsp3) is 0.842. The minimum Gasteiger partial charge on any atom is -0.348 e. The predicted octanol–water partition coefficient (Wildman–Crippen LogP) is 3.65. The summed E-state index contributed by atoms with van der Waals surface area (Å²) in [5.74, 6) is 1.12. The summed E-state index contributed by atoms with van der Waals surface area (Å²) in [5.41, 5.74) is 1.04. The molecule has 3 nitrogen and oxygen atoms in total. The molecule has 2 aliphatic carbocycles. The minimum atomic E-state index is 0.212. The minimum absolute atomic E-state index is 0.212. The number of carbonyl (C=O) groups excluding carboxylic acids is 1. The van der Waals surface area contributed by atoms with E-state index in [1.54, 1.807) is 0 Å². The van der Waals surface area contributed by atoms with Crippen molar-refractivity contribution >= 4 is 5.91 Å². The normalized spacial score (nSPS) is 28.2. The molecule has 3 heteroatoms. The van der Waals surface area contributed by atoms with E-state index in [9.17, 15) is 4.79 Å². The molecule has 0 spiro atoms. The maximum atomic E-state index is 12.4. The third-order valence-corrected chi connectivity index (χ3v) is 5.66. The Morgan fingerprint density at radius 1 is 1.09 bits per heavy atom. The van der Waals surface area contributed by atoms with E-state index >= 15 is 0 Å². The Hall–Kier alpha value is -0.830. The van der Waals surface area contributed by atoms with Crippen LogP contribution in [0.4, 0.5) is 0 Å². The molecule has 22 heavy (non-hydrogen) atoms. The molecule has 3 aliphatic rings. The van der Waals surface area contributed by atoms with E-state index in [1.807, 2.05) is 0 Å². The van der Waals surface area contributed by atoms with Gasteiger partial charge in [-0.3, -0.25) is 4.79 Å². The van der Waals surface area contributed by atoms with Crippen LogP contribution in [0.2, 0.25) is 0 Å². The second-order valence-electron chi connectivity index (χ2n) is 7.55. The van der Waals surface area contributed by atoms with Gasteiger partial charge in [0.2, 0.25) is 5.91 Å². The Morgan fingerprint density at radius 3 is 2.73 bits per heavy atom. The van der Waals surface area contributed by atoms with Gasteiger partial charge in [-0.05, 0) is 63.8 Å². The third-order valence-electron chi connectivity index (χ3n) is 5.66. The molecule has 0 bridgehead atoms. The Kier molecular flexibility index (Phi) is 5.94. The highest BCUT2D eigenvalue weighted by Gasteiger charge is 2.25. The lowest BCUT2D eigenvalue weighted by atomic mass is 9.88. The highest BCUT2D eigenvalue weighted by Crippen LogP contribution is 2.25. The molecule has 1 amide bonds. The van der Waals surface area contributed by atoms with Crippen molar-refractivity contribution in [2.24, 2.45) is 5.92 Å². The van der Waals surface area contributed by atoms with E-state index in [0.29, 0.717) is 6.04 Å². The maximum absolute atomic E-state index is 12.4. The monoisotopic (exact) mass is 304 g/mol. The molecule has 0 aromatic heterocycles. The predicted molar refractivity (Wildman–Crippen MR) is 90.7 cm³/mol. The van der Waals surface area contributed by atoms with E-state index in [4.69, 9.17) is 0 Å². The van der Waals surface area contributed by atoms with E-state index in [-0.39, 0.29) is 5.91 Å². The molecule has 1 unspecified atom stereocenters. The van der Waals surface area contributed by atoms with Crippen molar-refractivity contribution in [3.8, 4) is 0 Å². The molecule has 1 atom stereocenters. The van der Waals surface area contributed by atoms with Crippen LogP contribution in [-0.4, -0.2) is 36.5 Å². The molecule has 0 radical (unpaired) electrons. The number of nitrogens with zero attached hydrogens (tertiary/aromatic N) is 1. The first-order chi connectivity index (χ1) is 10.8. The van der Waals surface area contributed by atoms with Crippen LogP contribution < -0.4 is 5.32 Å². The van der Waals surface area contributed by atoms with Gasteiger partial charge in [0.25, 0.3) is 0 Å². The van der Waals surface area contributed by atoms with Gasteiger partial charge in [-0.2, -0.15) is 0 Å². The zero-order valence-electron chi connectivity index (χ0n) is 14.0. The number of hydrogen-bond donors (Lipinski definition) is 1. The van der Waals surface area contributed by atoms with Gasteiger partial charge in [0.15, 0.2) is 0 Å². The topological polar surface area (TPSA) is 32.3 Å². The number of hydrogen-bond acceptors (Lipinski definition) is 2. The van der Waals surface area contributed by atoms with E-state index in [0.717, 1.165) is 37.3 Å². The quantitative estimate of drug-likeness (QED) is 0.860. The van der Waals surface area contributed by atoms with Gasteiger partial charge in [-0.15, -0.1) is 0 Å². The molecule has 2 fully saturated rings. The number of rotatable bonds is 4. The summed E-state index contributed by atoms with van der Waals surface area (Å²) in [7, 11) is 0. The van der Waals surface area contributed by atoms with Gasteiger partial charge in [0.1, 0.15) is 0 Å². The Bertz CT molecular complexity index is 398. The molecule has 1 heterocycles. The molecule has 1 saturated heterocycles. The zero-order chi connectivity index (χ0) is 15.2. The van der Waals surface area contributed by atoms with Gasteiger partial charge in [-0.1, -0.05) is 25.3 Å². The van der Waals surface area contributed by atoms with Gasteiger partial charge in [-0.25, -0.2) is 0 Å². The number of likely N-dealkylation sites (tertiary alicyclic amines) is 1. The summed E-state index contributed by atoms with van der Waals surface area (Å²) in [6.07, 6.45) is 16.1. The summed E-state index contributed by atoms with van der Waals surface area (Å²) < 4.78 is 0. The zero-order valence-corrected chi connectivity index (χ0v) is 14.0. The second kappa shape index (κ2) is 8.14. The molecule has 3 rings (SSSR count). The molecule has 124 valence electrons. The van der Waals surface area contributed by atoms with Crippen LogP contribution in [0.15, 0.2) is 11.6 Å². The maximum Gasteiger partial charge on any atom is 0.247 e. The average molecular weight is 304 g/mol. The first kappa shape index (κ1) is 16.0. The summed E-state index contributed by atoms with van der Waals surface area (Å²) in [5, 5.41) is 3.31. The number of carbonyl (C=O) groups is 1. The third kappa shape index (κ3) is 4.58. The molecule has 0 aromatic carbocycles. The van der Waals surface area contributed by atoms with Crippen LogP contribution in [-0.2, 0) is 4.79 Å². The molecule has 1 saturated carbocycles. The Morgan fingerprint density at radius 2 is 1.95 bits per heavy atom. The highest BCUT2D eigenvalue weighted by molar-refractivity contribution is 5.93. The summed E-state index contributed by atoms with van der Waals surface area (Å²) >= 11 is 0. The van der Waals surface area contributed by atoms with Gasteiger partial charge in [0, 0.05) is 24.7 Å². The van der Waals surface area contributed by atoms with E-state index in [2.05, 4.69) is 16.3 Å². The van der Waals surface area contributed by atoms with Crippen molar-refractivity contribution in [1.82, 2.24) is 10.2 Å². The highest BCUT2D eigenvalue weighted by atomic mass is 16.1. The van der Waals surface area contributed by atoms with Crippen molar-refractivity contribution in [2.75, 3.05) is 19.6 Å². The van der Waals surface area contributed by atoms with Crippen molar-refractivity contribution in [3.05, 3.63) is 11.6 Å². The van der Waals surface area contributed by atoms with Crippen LogP contribution in [0, 0.1) is 5.92 Å². The Balaban J connectivity index is 1.45. The van der Waals surface area contributed by atoms with Gasteiger partial charge in [0.05, 0.1) is 0 Å². The van der Waals surface area contributed by atoms with Crippen LogP contribution in [0.5, 0.6) is 0 Å². The lowest BCUT2D eigenvalue weighted by Crippen LogP contribution is -2.49. The first-order valence-corrected chi connectivity index (χ1v) is 9.53. The van der Waals surface area contributed by atoms with Crippen molar-refractivity contribution in [1.29, 1.82) is 0 Å². The summed E-state index contributed by atoms with van der Waals surface area (Å²) in [4.78, 5) is 15.0. The fourth-order valence-electron chi connectivity index (χ4n) is 4.40. The van der Waals surface area contributed by atoms with Crippen molar-refractivity contribution < 1.29 is 4.79 Å². The second-order valence-corrected chi connectivity index (χ2v) is 7.55. The van der Waals surface area contributed by atoms with Crippen LogP contribution in [0.1, 0.15) is 70.6 Å².